The lowest BCUT2D eigenvalue weighted by Gasteiger charge is -2.38. The first-order valence-electron chi connectivity index (χ1n) is 8.12. The van der Waals surface area contributed by atoms with Gasteiger partial charge in [0.1, 0.15) is 0 Å². The summed E-state index contributed by atoms with van der Waals surface area (Å²) in [6.45, 7) is 0.559. The smallest absolute Gasteiger partial charge is 0.193 e. The normalized spacial score (nSPS) is 21.6. The van der Waals surface area contributed by atoms with Crippen molar-refractivity contribution in [3.8, 4) is 0 Å². The summed E-state index contributed by atoms with van der Waals surface area (Å²) in [6.07, 6.45) is 9.68. The predicted octanol–water partition coefficient (Wildman–Crippen LogP) is 2.59. The van der Waals surface area contributed by atoms with Gasteiger partial charge in [0.25, 0.3) is 0 Å². The standard InChI is InChI=1S/C17H25N3OS/c1-22(21)17(10-5-11-17)12-19-16(18)20-15-9-4-7-13-6-2-3-8-14(13)15/h4,7,9H,2-3,5-6,8,10-12H2,1H3,(H3,18,19,20). The zero-order valence-corrected chi connectivity index (χ0v) is 14.0. The molecule has 0 bridgehead atoms. The average molecular weight is 319 g/mol. The molecule has 1 atom stereocenters. The number of guanidine groups is 1. The molecule has 0 aliphatic heterocycles. The van der Waals surface area contributed by atoms with Crippen molar-refractivity contribution in [3.05, 3.63) is 29.3 Å². The van der Waals surface area contributed by atoms with E-state index in [9.17, 15) is 4.21 Å². The molecule has 1 fully saturated rings. The number of benzene rings is 1. The number of aliphatic imine (C=N–C) groups is 1. The maximum atomic E-state index is 11.9. The largest absolute Gasteiger partial charge is 0.370 e. The van der Waals surface area contributed by atoms with E-state index in [1.54, 1.807) is 6.26 Å². The van der Waals surface area contributed by atoms with E-state index < -0.39 is 10.8 Å². The number of anilines is 1. The van der Waals surface area contributed by atoms with Crippen molar-refractivity contribution in [3.63, 3.8) is 0 Å². The van der Waals surface area contributed by atoms with Gasteiger partial charge in [0.2, 0.25) is 0 Å². The number of hydrogen-bond donors (Lipinski definition) is 2. The Hall–Kier alpha value is -1.36. The van der Waals surface area contributed by atoms with Crippen molar-refractivity contribution in [1.29, 1.82) is 0 Å². The van der Waals surface area contributed by atoms with E-state index in [4.69, 9.17) is 5.73 Å². The van der Waals surface area contributed by atoms with Crippen LogP contribution in [0, 0.1) is 0 Å². The van der Waals surface area contributed by atoms with Crippen molar-refractivity contribution in [2.45, 2.75) is 49.7 Å². The number of nitrogens with one attached hydrogen (secondary N) is 1. The van der Waals surface area contributed by atoms with Crippen LogP contribution in [0.5, 0.6) is 0 Å². The minimum atomic E-state index is -0.837. The Morgan fingerprint density at radius 2 is 2.09 bits per heavy atom. The van der Waals surface area contributed by atoms with Gasteiger partial charge in [0, 0.05) is 22.7 Å². The Bertz CT molecular complexity index is 608. The molecular formula is C17H25N3OS. The fraction of sp³-hybridized carbons (Fsp3) is 0.588. The second-order valence-corrected chi connectivity index (χ2v) is 8.24. The van der Waals surface area contributed by atoms with Gasteiger partial charge < -0.3 is 11.1 Å². The van der Waals surface area contributed by atoms with Crippen LogP contribution >= 0.6 is 0 Å². The molecule has 1 saturated carbocycles. The maximum absolute atomic E-state index is 11.9. The summed E-state index contributed by atoms with van der Waals surface area (Å²) in [7, 11) is -0.837. The molecular weight excluding hydrogens is 294 g/mol. The predicted molar refractivity (Wildman–Crippen MR) is 93.8 cm³/mol. The topological polar surface area (TPSA) is 67.5 Å². The fourth-order valence-electron chi connectivity index (χ4n) is 3.41. The van der Waals surface area contributed by atoms with Crippen LogP contribution in [0.25, 0.3) is 0 Å². The molecule has 2 aliphatic carbocycles. The molecule has 0 amide bonds. The monoisotopic (exact) mass is 319 g/mol. The summed E-state index contributed by atoms with van der Waals surface area (Å²) in [5.74, 6) is 0.440. The van der Waals surface area contributed by atoms with Gasteiger partial charge in [-0.05, 0) is 55.7 Å². The summed E-state index contributed by atoms with van der Waals surface area (Å²) in [5, 5.41) is 3.26. The van der Waals surface area contributed by atoms with Gasteiger partial charge in [0.05, 0.1) is 11.3 Å². The zero-order chi connectivity index (χ0) is 15.6. The minimum Gasteiger partial charge on any atom is -0.370 e. The lowest BCUT2D eigenvalue weighted by atomic mass is 9.84. The first-order chi connectivity index (χ1) is 10.6. The van der Waals surface area contributed by atoms with E-state index in [0.29, 0.717) is 12.5 Å². The van der Waals surface area contributed by atoms with E-state index in [-0.39, 0.29) is 4.75 Å². The third-order valence-electron chi connectivity index (χ3n) is 5.07. The highest BCUT2D eigenvalue weighted by molar-refractivity contribution is 7.85. The summed E-state index contributed by atoms with van der Waals surface area (Å²) >= 11 is 0. The quantitative estimate of drug-likeness (QED) is 0.662. The first-order valence-corrected chi connectivity index (χ1v) is 9.68. The fourth-order valence-corrected chi connectivity index (χ4v) is 4.52. The van der Waals surface area contributed by atoms with Gasteiger partial charge in [-0.2, -0.15) is 0 Å². The molecule has 0 aromatic heterocycles. The lowest BCUT2D eigenvalue weighted by molar-refractivity contribution is 0.361. The second-order valence-electron chi connectivity index (χ2n) is 6.47. The Balaban J connectivity index is 1.70. The van der Waals surface area contributed by atoms with E-state index in [1.165, 1.54) is 24.0 Å². The second kappa shape index (κ2) is 6.41. The van der Waals surface area contributed by atoms with Crippen molar-refractivity contribution in [1.82, 2.24) is 0 Å². The molecule has 1 aromatic carbocycles. The Morgan fingerprint density at radius 1 is 1.32 bits per heavy atom. The summed E-state index contributed by atoms with van der Waals surface area (Å²) in [5.41, 5.74) is 9.95. The molecule has 22 heavy (non-hydrogen) atoms. The molecule has 2 aliphatic rings. The van der Waals surface area contributed by atoms with E-state index in [0.717, 1.165) is 37.8 Å². The van der Waals surface area contributed by atoms with Crippen LogP contribution < -0.4 is 11.1 Å². The Labute approximate surface area is 135 Å². The van der Waals surface area contributed by atoms with E-state index in [2.05, 4.69) is 28.5 Å². The summed E-state index contributed by atoms with van der Waals surface area (Å²) in [4.78, 5) is 4.47. The van der Waals surface area contributed by atoms with E-state index in [1.807, 2.05) is 0 Å². The third kappa shape index (κ3) is 3.05. The van der Waals surface area contributed by atoms with Crippen LogP contribution in [0.1, 0.15) is 43.2 Å². The number of hydrogen-bond acceptors (Lipinski definition) is 2. The number of fused-ring (bicyclic) bond motifs is 1. The molecule has 0 radical (unpaired) electrons. The Kier molecular flexibility index (Phi) is 4.52. The molecule has 1 aromatic rings. The Morgan fingerprint density at radius 3 is 2.77 bits per heavy atom. The average Bonchev–Trinajstić information content (AvgIpc) is 2.46. The molecule has 3 N–H and O–H groups in total. The van der Waals surface area contributed by atoms with Gasteiger partial charge >= 0.3 is 0 Å². The maximum Gasteiger partial charge on any atom is 0.193 e. The molecule has 0 heterocycles. The van der Waals surface area contributed by atoms with Gasteiger partial charge in [-0.3, -0.25) is 9.20 Å². The molecule has 4 nitrogen and oxygen atoms in total. The molecule has 0 saturated heterocycles. The molecule has 3 rings (SSSR count). The number of rotatable bonds is 4. The van der Waals surface area contributed by atoms with Crippen molar-refractivity contribution < 1.29 is 4.21 Å². The van der Waals surface area contributed by atoms with Crippen LogP contribution in [-0.4, -0.2) is 27.7 Å². The van der Waals surface area contributed by atoms with Gasteiger partial charge in [-0.25, -0.2) is 0 Å². The SMILES string of the molecule is CS(=O)C1(CN=C(N)Nc2cccc3c2CCCC3)CCC1. The number of aryl methyl sites for hydroxylation is 1. The molecule has 5 heteroatoms. The van der Waals surface area contributed by atoms with Crippen molar-refractivity contribution in [2.24, 2.45) is 10.7 Å². The van der Waals surface area contributed by atoms with Crippen LogP contribution in [-0.2, 0) is 23.6 Å². The first kappa shape index (κ1) is 15.5. The summed E-state index contributed by atoms with van der Waals surface area (Å²) in [6, 6.07) is 6.36. The van der Waals surface area contributed by atoms with Crippen molar-refractivity contribution in [2.75, 3.05) is 18.1 Å². The lowest BCUT2D eigenvalue weighted by Crippen LogP contribution is -2.45. The van der Waals surface area contributed by atoms with Crippen molar-refractivity contribution >= 4 is 22.4 Å². The van der Waals surface area contributed by atoms with Crippen LogP contribution in [0.3, 0.4) is 0 Å². The van der Waals surface area contributed by atoms with Crippen LogP contribution in [0.15, 0.2) is 23.2 Å². The zero-order valence-electron chi connectivity index (χ0n) is 13.2. The highest BCUT2D eigenvalue weighted by atomic mass is 32.2. The number of nitrogens with zero attached hydrogens (tertiary/aromatic N) is 1. The molecule has 1 unspecified atom stereocenters. The van der Waals surface area contributed by atoms with Crippen LogP contribution in [0.4, 0.5) is 5.69 Å². The molecule has 0 spiro atoms. The van der Waals surface area contributed by atoms with Gasteiger partial charge in [-0.1, -0.05) is 18.6 Å². The summed E-state index contributed by atoms with van der Waals surface area (Å²) < 4.78 is 11.8. The van der Waals surface area contributed by atoms with Crippen LogP contribution in [0.2, 0.25) is 0 Å². The molecule has 120 valence electrons. The minimum absolute atomic E-state index is 0.136. The van der Waals surface area contributed by atoms with E-state index >= 15 is 0 Å². The highest BCUT2D eigenvalue weighted by Gasteiger charge is 2.40. The highest BCUT2D eigenvalue weighted by Crippen LogP contribution is 2.37. The van der Waals surface area contributed by atoms with Gasteiger partial charge in [-0.15, -0.1) is 0 Å². The number of nitrogens with two attached hydrogens (primary N) is 1. The third-order valence-corrected chi connectivity index (χ3v) is 6.83. The van der Waals surface area contributed by atoms with Gasteiger partial charge in [0.15, 0.2) is 5.96 Å².